The first-order valence-electron chi connectivity index (χ1n) is 12.7. The molecule has 5 atom stereocenters. The molecule has 0 spiro atoms. The van der Waals surface area contributed by atoms with Gasteiger partial charge in [0.25, 0.3) is 0 Å². The van der Waals surface area contributed by atoms with Crippen LogP contribution in [-0.4, -0.2) is 71.4 Å². The third kappa shape index (κ3) is 5.80. The van der Waals surface area contributed by atoms with E-state index in [0.29, 0.717) is 30.1 Å². The zero-order valence-corrected chi connectivity index (χ0v) is 19.3. The van der Waals surface area contributed by atoms with Crippen molar-refractivity contribution < 1.29 is 15.0 Å². The zero-order valence-electron chi connectivity index (χ0n) is 19.3. The SMILES string of the molecule is CN1CCN(C(=O)CCC/C=C2\C[C@H]3C[C@@H](O)[C@H](/C=C/[C@@H](O)C4CCCC4)[C@H]3C2)CC1. The Morgan fingerprint density at radius 3 is 2.65 bits per heavy atom. The summed E-state index contributed by atoms with van der Waals surface area (Å²) in [4.78, 5) is 16.7. The van der Waals surface area contributed by atoms with Crippen LogP contribution in [0.5, 0.6) is 0 Å². The Bertz CT molecular complexity index is 662. The van der Waals surface area contributed by atoms with Gasteiger partial charge in [0.2, 0.25) is 5.91 Å². The predicted octanol–water partition coefficient (Wildman–Crippen LogP) is 3.37. The number of amides is 1. The summed E-state index contributed by atoms with van der Waals surface area (Å²) in [5, 5.41) is 21.0. The fourth-order valence-electron chi connectivity index (χ4n) is 6.41. The normalized spacial score (nSPS) is 34.8. The number of allylic oxidation sites excluding steroid dienone is 2. The number of aliphatic hydroxyl groups is 2. The number of fused-ring (bicyclic) bond motifs is 1. The predicted molar refractivity (Wildman–Crippen MR) is 123 cm³/mol. The number of nitrogens with zero attached hydrogens (tertiary/aromatic N) is 2. The summed E-state index contributed by atoms with van der Waals surface area (Å²) < 4.78 is 0. The topological polar surface area (TPSA) is 64.0 Å². The molecule has 31 heavy (non-hydrogen) atoms. The van der Waals surface area contributed by atoms with E-state index in [0.717, 1.165) is 71.1 Å². The summed E-state index contributed by atoms with van der Waals surface area (Å²) in [5.41, 5.74) is 1.52. The molecule has 1 heterocycles. The Labute approximate surface area is 188 Å². The number of hydrogen-bond acceptors (Lipinski definition) is 4. The number of carbonyl (C=O) groups excluding carboxylic acids is 1. The van der Waals surface area contributed by atoms with Gasteiger partial charge in [-0.1, -0.05) is 36.6 Å². The molecule has 1 aliphatic heterocycles. The molecule has 3 saturated carbocycles. The fraction of sp³-hybridized carbons (Fsp3) is 0.808. The van der Waals surface area contributed by atoms with Crippen LogP contribution in [0.25, 0.3) is 0 Å². The molecule has 0 aromatic carbocycles. The van der Waals surface area contributed by atoms with Crippen molar-refractivity contribution in [3.05, 3.63) is 23.8 Å². The van der Waals surface area contributed by atoms with Gasteiger partial charge in [-0.2, -0.15) is 0 Å². The molecule has 0 aromatic rings. The lowest BCUT2D eigenvalue weighted by atomic mass is 9.89. The molecule has 1 saturated heterocycles. The minimum absolute atomic E-state index is 0.186. The lowest BCUT2D eigenvalue weighted by Crippen LogP contribution is -2.47. The van der Waals surface area contributed by atoms with Gasteiger partial charge in [0.15, 0.2) is 0 Å². The second-order valence-electron chi connectivity index (χ2n) is 10.6. The number of hydrogen-bond donors (Lipinski definition) is 2. The van der Waals surface area contributed by atoms with Gasteiger partial charge in [-0.05, 0) is 69.7 Å². The molecular formula is C26H42N2O3. The van der Waals surface area contributed by atoms with Crippen molar-refractivity contribution in [2.24, 2.45) is 23.7 Å². The van der Waals surface area contributed by atoms with Gasteiger partial charge in [-0.3, -0.25) is 4.79 Å². The van der Waals surface area contributed by atoms with E-state index in [1.165, 1.54) is 18.4 Å². The van der Waals surface area contributed by atoms with E-state index in [1.54, 1.807) is 0 Å². The lowest BCUT2D eigenvalue weighted by Gasteiger charge is -2.32. The van der Waals surface area contributed by atoms with E-state index >= 15 is 0 Å². The molecule has 0 aromatic heterocycles. The lowest BCUT2D eigenvalue weighted by molar-refractivity contribution is -0.132. The van der Waals surface area contributed by atoms with Crippen molar-refractivity contribution >= 4 is 5.91 Å². The maximum atomic E-state index is 12.4. The van der Waals surface area contributed by atoms with Crippen LogP contribution in [0.3, 0.4) is 0 Å². The summed E-state index contributed by atoms with van der Waals surface area (Å²) >= 11 is 0. The van der Waals surface area contributed by atoms with Crippen LogP contribution in [0.2, 0.25) is 0 Å². The molecule has 4 rings (SSSR count). The van der Waals surface area contributed by atoms with Gasteiger partial charge in [0, 0.05) is 38.5 Å². The molecule has 1 amide bonds. The highest BCUT2D eigenvalue weighted by atomic mass is 16.3. The van der Waals surface area contributed by atoms with Crippen molar-refractivity contribution in [2.45, 2.75) is 76.4 Å². The minimum Gasteiger partial charge on any atom is -0.392 e. The van der Waals surface area contributed by atoms with Crippen molar-refractivity contribution in [1.82, 2.24) is 9.80 Å². The van der Waals surface area contributed by atoms with Crippen molar-refractivity contribution in [3.63, 3.8) is 0 Å². The Kier molecular flexibility index (Phi) is 7.89. The number of unbranched alkanes of at least 4 members (excludes halogenated alkanes) is 1. The molecule has 0 unspecified atom stereocenters. The molecule has 174 valence electrons. The van der Waals surface area contributed by atoms with Gasteiger partial charge in [0.1, 0.15) is 0 Å². The summed E-state index contributed by atoms with van der Waals surface area (Å²) in [7, 11) is 2.11. The fourth-order valence-corrected chi connectivity index (χ4v) is 6.41. The summed E-state index contributed by atoms with van der Waals surface area (Å²) in [6, 6.07) is 0. The number of likely N-dealkylation sites (N-methyl/N-ethyl adjacent to an activating group) is 1. The number of carbonyl (C=O) groups is 1. The van der Waals surface area contributed by atoms with Gasteiger partial charge in [-0.25, -0.2) is 0 Å². The Morgan fingerprint density at radius 1 is 1.16 bits per heavy atom. The van der Waals surface area contributed by atoms with Crippen molar-refractivity contribution in [3.8, 4) is 0 Å². The molecule has 2 N–H and O–H groups in total. The first-order valence-corrected chi connectivity index (χ1v) is 12.7. The molecule has 0 bridgehead atoms. The minimum atomic E-state index is -0.344. The van der Waals surface area contributed by atoms with Crippen LogP contribution >= 0.6 is 0 Å². The monoisotopic (exact) mass is 430 g/mol. The van der Waals surface area contributed by atoms with Crippen LogP contribution in [0.4, 0.5) is 0 Å². The highest BCUT2D eigenvalue weighted by Crippen LogP contribution is 2.50. The second-order valence-corrected chi connectivity index (χ2v) is 10.6. The highest BCUT2D eigenvalue weighted by Gasteiger charge is 2.45. The Hall–Kier alpha value is -1.17. The van der Waals surface area contributed by atoms with E-state index < -0.39 is 0 Å². The van der Waals surface area contributed by atoms with E-state index in [2.05, 4.69) is 24.1 Å². The van der Waals surface area contributed by atoms with E-state index in [9.17, 15) is 15.0 Å². The largest absolute Gasteiger partial charge is 0.392 e. The smallest absolute Gasteiger partial charge is 0.222 e. The van der Waals surface area contributed by atoms with Gasteiger partial charge < -0.3 is 20.0 Å². The first kappa shape index (κ1) is 23.0. The van der Waals surface area contributed by atoms with Crippen molar-refractivity contribution in [2.75, 3.05) is 33.2 Å². The quantitative estimate of drug-likeness (QED) is 0.480. The third-order valence-electron chi connectivity index (χ3n) is 8.41. The standard InChI is InChI=1S/C26H42N2O3/c1-27-12-14-28(15-13-27)26(31)9-5-2-6-19-16-21-18-25(30)22(23(21)17-19)10-11-24(29)20-7-3-4-8-20/h6,10-11,20-25,29-30H,2-5,7-9,12-18H2,1H3/b11-10+,19-6+/t21-,22+,23-,24+,25+/m0/s1. The van der Waals surface area contributed by atoms with Gasteiger partial charge in [-0.15, -0.1) is 0 Å². The Balaban J connectivity index is 1.21. The maximum absolute atomic E-state index is 12.4. The maximum Gasteiger partial charge on any atom is 0.222 e. The van der Waals surface area contributed by atoms with E-state index in [4.69, 9.17) is 0 Å². The molecule has 0 radical (unpaired) electrons. The van der Waals surface area contributed by atoms with Crippen LogP contribution in [-0.2, 0) is 4.79 Å². The summed E-state index contributed by atoms with van der Waals surface area (Å²) in [5.74, 6) is 2.00. The van der Waals surface area contributed by atoms with Gasteiger partial charge >= 0.3 is 0 Å². The van der Waals surface area contributed by atoms with E-state index in [1.807, 2.05) is 11.0 Å². The van der Waals surface area contributed by atoms with Crippen LogP contribution in [0.15, 0.2) is 23.8 Å². The number of aliphatic hydroxyl groups excluding tert-OH is 2. The highest BCUT2D eigenvalue weighted by molar-refractivity contribution is 5.76. The molecular weight excluding hydrogens is 388 g/mol. The average Bonchev–Trinajstić information content (AvgIpc) is 3.47. The summed E-state index contributed by atoms with van der Waals surface area (Å²) in [6.45, 7) is 3.70. The number of piperazine rings is 1. The first-order chi connectivity index (χ1) is 15.0. The average molecular weight is 431 g/mol. The molecule has 4 aliphatic rings. The third-order valence-corrected chi connectivity index (χ3v) is 8.41. The molecule has 5 nitrogen and oxygen atoms in total. The zero-order chi connectivity index (χ0) is 21.8. The van der Waals surface area contributed by atoms with Crippen LogP contribution < -0.4 is 0 Å². The molecule has 3 aliphatic carbocycles. The Morgan fingerprint density at radius 2 is 1.90 bits per heavy atom. The van der Waals surface area contributed by atoms with Crippen LogP contribution in [0, 0.1) is 23.7 Å². The van der Waals surface area contributed by atoms with Crippen molar-refractivity contribution in [1.29, 1.82) is 0 Å². The van der Waals surface area contributed by atoms with Gasteiger partial charge in [0.05, 0.1) is 12.2 Å². The molecule has 4 fully saturated rings. The second kappa shape index (κ2) is 10.6. The van der Waals surface area contributed by atoms with Crippen LogP contribution in [0.1, 0.15) is 64.2 Å². The molecule has 5 heteroatoms. The summed E-state index contributed by atoms with van der Waals surface area (Å²) in [6.07, 6.45) is 16.3. The number of rotatable bonds is 7. The van der Waals surface area contributed by atoms with E-state index in [-0.39, 0.29) is 18.1 Å².